The molecule has 0 unspecified atom stereocenters. The summed E-state index contributed by atoms with van der Waals surface area (Å²) < 4.78 is 11.9. The molecular formula is C9H10FN. The molecule has 0 amide bonds. The van der Waals surface area contributed by atoms with Crippen molar-refractivity contribution in [3.63, 3.8) is 0 Å². The lowest BCUT2D eigenvalue weighted by molar-refractivity contribution is 0.617. The lowest BCUT2D eigenvalue weighted by atomic mass is 10.1. The molecule has 1 nitrogen and oxygen atoms in total. The van der Waals surface area contributed by atoms with Crippen LogP contribution in [0.2, 0.25) is 0 Å². The van der Waals surface area contributed by atoms with Gasteiger partial charge in [-0.3, -0.25) is 0 Å². The molecule has 1 N–H and O–H groups in total. The van der Waals surface area contributed by atoms with E-state index < -0.39 is 0 Å². The maximum absolute atomic E-state index is 11.9. The fourth-order valence-electron chi connectivity index (χ4n) is 1.63. The van der Waals surface area contributed by atoms with Gasteiger partial charge in [-0.15, -0.1) is 4.48 Å². The molecule has 0 saturated heterocycles. The molecule has 0 atom stereocenters. The van der Waals surface area contributed by atoms with E-state index in [2.05, 4.69) is 0 Å². The third-order valence-corrected chi connectivity index (χ3v) is 2.21. The van der Waals surface area contributed by atoms with Crippen LogP contribution in [0.4, 0.5) is 10.2 Å². The van der Waals surface area contributed by atoms with E-state index in [1.165, 1.54) is 17.5 Å². The Bertz CT molecular complexity index is 270. The van der Waals surface area contributed by atoms with E-state index in [0.717, 1.165) is 12.8 Å². The third kappa shape index (κ3) is 1.09. The second kappa shape index (κ2) is 2.53. The molecular weight excluding hydrogens is 141 g/mol. The van der Waals surface area contributed by atoms with Crippen molar-refractivity contribution in [2.24, 2.45) is 0 Å². The fourth-order valence-corrected chi connectivity index (χ4v) is 1.63. The van der Waals surface area contributed by atoms with Crippen LogP contribution in [0.15, 0.2) is 18.2 Å². The summed E-state index contributed by atoms with van der Waals surface area (Å²) in [5.41, 5.74) is 4.91. The summed E-state index contributed by atoms with van der Waals surface area (Å²) in [6, 6.07) is 5.68. The number of benzene rings is 1. The minimum atomic E-state index is 0.575. The summed E-state index contributed by atoms with van der Waals surface area (Å²) in [6.07, 6.45) is 3.47. The van der Waals surface area contributed by atoms with Gasteiger partial charge in [0.2, 0.25) is 0 Å². The summed E-state index contributed by atoms with van der Waals surface area (Å²) in [7, 11) is 0. The van der Waals surface area contributed by atoms with Gasteiger partial charge in [-0.1, -0.05) is 6.07 Å². The van der Waals surface area contributed by atoms with Crippen LogP contribution in [0, 0.1) is 0 Å². The van der Waals surface area contributed by atoms with Crippen molar-refractivity contribution in [1.82, 2.24) is 0 Å². The number of halogens is 1. The number of hydrogen-bond donors (Lipinski definition) is 1. The van der Waals surface area contributed by atoms with Crippen molar-refractivity contribution >= 4 is 5.69 Å². The molecule has 0 heterocycles. The number of rotatable bonds is 1. The van der Waals surface area contributed by atoms with E-state index in [1.807, 2.05) is 12.1 Å². The maximum Gasteiger partial charge on any atom is 0.0658 e. The van der Waals surface area contributed by atoms with Crippen LogP contribution in [0.1, 0.15) is 17.5 Å². The van der Waals surface area contributed by atoms with Gasteiger partial charge in [-0.2, -0.15) is 0 Å². The fraction of sp³-hybridized carbons (Fsp3) is 0.333. The predicted molar refractivity (Wildman–Crippen MR) is 43.2 cm³/mol. The zero-order valence-corrected chi connectivity index (χ0v) is 6.23. The molecule has 2 heteroatoms. The summed E-state index contributed by atoms with van der Waals surface area (Å²) in [4.78, 5) is 0. The van der Waals surface area contributed by atoms with Gasteiger partial charge in [-0.25, -0.2) is 5.54 Å². The molecule has 0 spiro atoms. The van der Waals surface area contributed by atoms with Crippen LogP contribution in [-0.2, 0) is 12.8 Å². The monoisotopic (exact) mass is 151 g/mol. The Morgan fingerprint density at radius 3 is 2.82 bits per heavy atom. The second-order valence-electron chi connectivity index (χ2n) is 2.93. The first-order valence-corrected chi connectivity index (χ1v) is 3.88. The van der Waals surface area contributed by atoms with Crippen LogP contribution in [-0.4, -0.2) is 0 Å². The second-order valence-corrected chi connectivity index (χ2v) is 2.93. The summed E-state index contributed by atoms with van der Waals surface area (Å²) in [5, 5.41) is 0. The highest BCUT2D eigenvalue weighted by Gasteiger charge is 2.09. The summed E-state index contributed by atoms with van der Waals surface area (Å²) >= 11 is 0. The minimum absolute atomic E-state index is 0.575. The third-order valence-electron chi connectivity index (χ3n) is 2.21. The summed E-state index contributed by atoms with van der Waals surface area (Å²) in [6.45, 7) is 0. The van der Waals surface area contributed by atoms with Crippen molar-refractivity contribution in [2.45, 2.75) is 19.3 Å². The van der Waals surface area contributed by atoms with Crippen LogP contribution in [0.3, 0.4) is 0 Å². The van der Waals surface area contributed by atoms with E-state index in [-0.39, 0.29) is 0 Å². The van der Waals surface area contributed by atoms with Crippen LogP contribution >= 0.6 is 0 Å². The van der Waals surface area contributed by atoms with Gasteiger partial charge in [-0.05, 0) is 42.5 Å². The van der Waals surface area contributed by atoms with Crippen LogP contribution in [0.5, 0.6) is 0 Å². The van der Waals surface area contributed by atoms with Crippen LogP contribution in [0.25, 0.3) is 0 Å². The zero-order valence-electron chi connectivity index (χ0n) is 6.23. The first-order valence-electron chi connectivity index (χ1n) is 3.88. The highest BCUT2D eigenvalue weighted by atomic mass is 19.2. The first kappa shape index (κ1) is 6.65. The molecule has 0 aliphatic heterocycles. The maximum atomic E-state index is 11.9. The average Bonchev–Trinajstić information content (AvgIpc) is 2.50. The quantitative estimate of drug-likeness (QED) is 0.608. The van der Waals surface area contributed by atoms with Crippen molar-refractivity contribution in [3.05, 3.63) is 29.3 Å². The molecule has 1 aliphatic carbocycles. The molecule has 2 rings (SSSR count). The number of aryl methyl sites for hydroxylation is 2. The van der Waals surface area contributed by atoms with Crippen molar-refractivity contribution in [2.75, 3.05) is 5.54 Å². The van der Waals surface area contributed by atoms with E-state index >= 15 is 0 Å². The highest BCUT2D eigenvalue weighted by molar-refractivity contribution is 5.48. The first-order chi connectivity index (χ1) is 5.40. The van der Waals surface area contributed by atoms with Gasteiger partial charge < -0.3 is 0 Å². The Labute approximate surface area is 65.2 Å². The zero-order chi connectivity index (χ0) is 7.68. The molecule has 11 heavy (non-hydrogen) atoms. The van der Waals surface area contributed by atoms with Gasteiger partial charge >= 0.3 is 0 Å². The van der Waals surface area contributed by atoms with E-state index in [4.69, 9.17) is 0 Å². The molecule has 0 aromatic heterocycles. The lowest BCUT2D eigenvalue weighted by Crippen LogP contribution is -1.85. The molecule has 0 radical (unpaired) electrons. The van der Waals surface area contributed by atoms with E-state index in [9.17, 15) is 4.48 Å². The Hall–Kier alpha value is -1.05. The van der Waals surface area contributed by atoms with Gasteiger partial charge in [0.1, 0.15) is 0 Å². The molecule has 1 aliphatic rings. The molecule has 0 fully saturated rings. The number of nitrogens with one attached hydrogen (secondary N) is 1. The SMILES string of the molecule is FNc1ccc2c(c1)CCC2. The molecule has 1 aromatic rings. The van der Waals surface area contributed by atoms with Crippen molar-refractivity contribution < 1.29 is 4.48 Å². The van der Waals surface area contributed by atoms with Gasteiger partial charge in [0.15, 0.2) is 0 Å². The van der Waals surface area contributed by atoms with Crippen LogP contribution < -0.4 is 5.54 Å². The van der Waals surface area contributed by atoms with Gasteiger partial charge in [0, 0.05) is 0 Å². The lowest BCUT2D eigenvalue weighted by Gasteiger charge is -2.00. The summed E-state index contributed by atoms with van der Waals surface area (Å²) in [5.74, 6) is 0. The van der Waals surface area contributed by atoms with Gasteiger partial charge in [0.05, 0.1) is 5.69 Å². The topological polar surface area (TPSA) is 12.0 Å². The molecule has 58 valence electrons. The van der Waals surface area contributed by atoms with E-state index in [0.29, 0.717) is 5.69 Å². The number of fused-ring (bicyclic) bond motifs is 1. The number of anilines is 1. The Morgan fingerprint density at radius 2 is 2.00 bits per heavy atom. The van der Waals surface area contributed by atoms with Crippen molar-refractivity contribution in [1.29, 1.82) is 0 Å². The van der Waals surface area contributed by atoms with Crippen molar-refractivity contribution in [3.8, 4) is 0 Å². The predicted octanol–water partition coefficient (Wildman–Crippen LogP) is 2.47. The highest BCUT2D eigenvalue weighted by Crippen LogP contribution is 2.24. The largest absolute Gasteiger partial charge is 0.225 e. The minimum Gasteiger partial charge on any atom is -0.225 e. The smallest absolute Gasteiger partial charge is 0.0658 e. The Balaban J connectivity index is 2.41. The van der Waals surface area contributed by atoms with E-state index in [1.54, 1.807) is 11.6 Å². The van der Waals surface area contributed by atoms with Gasteiger partial charge in [0.25, 0.3) is 0 Å². The Morgan fingerprint density at radius 1 is 1.18 bits per heavy atom. The molecule has 0 saturated carbocycles. The number of hydrogen-bond acceptors (Lipinski definition) is 1. The normalized spacial score (nSPS) is 14.6. The average molecular weight is 151 g/mol. The Kier molecular flexibility index (Phi) is 1.53. The molecule has 0 bridgehead atoms. The molecule has 1 aromatic carbocycles. The standard InChI is InChI=1S/C9H10FN/c10-11-9-5-4-7-2-1-3-8(7)6-9/h4-6,11H,1-3H2.